The van der Waals surface area contributed by atoms with Crippen LogP contribution in [0.4, 0.5) is 5.69 Å². The highest BCUT2D eigenvalue weighted by molar-refractivity contribution is 9.10. The van der Waals surface area contributed by atoms with Crippen molar-refractivity contribution in [3.63, 3.8) is 0 Å². The Hall–Kier alpha value is -1.83. The van der Waals surface area contributed by atoms with Gasteiger partial charge in [-0.05, 0) is 18.2 Å². The predicted molar refractivity (Wildman–Crippen MR) is 86.9 cm³/mol. The van der Waals surface area contributed by atoms with Gasteiger partial charge >= 0.3 is 0 Å². The summed E-state index contributed by atoms with van der Waals surface area (Å²) >= 11 is 9.43. The van der Waals surface area contributed by atoms with Gasteiger partial charge in [0.25, 0.3) is 5.69 Å². The van der Waals surface area contributed by atoms with Crippen LogP contribution < -0.4 is 9.47 Å². The van der Waals surface area contributed by atoms with Crippen molar-refractivity contribution in [2.24, 2.45) is 0 Å². The Morgan fingerprint density at radius 3 is 2.96 bits per heavy atom. The maximum Gasteiger partial charge on any atom is 0.270 e. The van der Waals surface area contributed by atoms with Crippen LogP contribution in [0.15, 0.2) is 34.8 Å². The number of hydrogen-bond donors (Lipinski definition) is 0. The van der Waals surface area contributed by atoms with Crippen molar-refractivity contribution in [2.45, 2.75) is 13.2 Å². The number of nitro benzene ring substituents is 1. The second kappa shape index (κ2) is 6.74. The number of rotatable bonds is 4. The zero-order valence-corrected chi connectivity index (χ0v) is 14.1. The molecule has 0 atom stereocenters. The Morgan fingerprint density at radius 2 is 2.17 bits per heavy atom. The zero-order chi connectivity index (χ0) is 16.4. The molecule has 0 aromatic heterocycles. The third-order valence-electron chi connectivity index (χ3n) is 3.26. The van der Waals surface area contributed by atoms with Crippen molar-refractivity contribution in [3.8, 4) is 11.5 Å². The van der Waals surface area contributed by atoms with Gasteiger partial charge in [-0.1, -0.05) is 27.5 Å². The molecule has 0 unspecified atom stereocenters. The van der Waals surface area contributed by atoms with Crippen LogP contribution in [-0.4, -0.2) is 11.7 Å². The molecule has 1 aliphatic rings. The van der Waals surface area contributed by atoms with Crippen LogP contribution in [0.3, 0.4) is 0 Å². The van der Waals surface area contributed by atoms with E-state index in [2.05, 4.69) is 15.9 Å². The molecule has 0 amide bonds. The molecule has 0 saturated heterocycles. The van der Waals surface area contributed by atoms with E-state index < -0.39 is 4.92 Å². The molecule has 2 aromatic carbocycles. The summed E-state index contributed by atoms with van der Waals surface area (Å²) in [5, 5.41) is 11.5. The fourth-order valence-corrected chi connectivity index (χ4v) is 2.75. The lowest BCUT2D eigenvalue weighted by Gasteiger charge is -2.20. The quantitative estimate of drug-likeness (QED) is 0.560. The van der Waals surface area contributed by atoms with Crippen molar-refractivity contribution < 1.29 is 19.1 Å². The molecular formula is C15H11BrClNO5. The molecule has 0 saturated carbocycles. The lowest BCUT2D eigenvalue weighted by atomic mass is 10.1. The van der Waals surface area contributed by atoms with Gasteiger partial charge in [0, 0.05) is 27.7 Å². The van der Waals surface area contributed by atoms with E-state index in [9.17, 15) is 10.1 Å². The largest absolute Gasteiger partial charge is 0.487 e. The van der Waals surface area contributed by atoms with Crippen molar-refractivity contribution in [1.29, 1.82) is 0 Å². The number of nitro groups is 1. The number of halogens is 2. The summed E-state index contributed by atoms with van der Waals surface area (Å²) in [5.74, 6) is 1.04. The minimum atomic E-state index is -0.454. The summed E-state index contributed by atoms with van der Waals surface area (Å²) in [7, 11) is 0. The zero-order valence-electron chi connectivity index (χ0n) is 11.8. The standard InChI is InChI=1S/C15H11BrClNO5/c16-11-1-2-13(17)14(5-11)22-7-10-4-12(18(19)20)3-9-6-21-8-23-15(9)10/h1-5H,6-8H2. The summed E-state index contributed by atoms with van der Waals surface area (Å²) < 4.78 is 17.2. The Kier molecular flexibility index (Phi) is 4.70. The lowest BCUT2D eigenvalue weighted by molar-refractivity contribution is -0.385. The van der Waals surface area contributed by atoms with Crippen LogP contribution in [0.5, 0.6) is 11.5 Å². The van der Waals surface area contributed by atoms with Gasteiger partial charge in [0.2, 0.25) is 0 Å². The minimum Gasteiger partial charge on any atom is -0.487 e. The van der Waals surface area contributed by atoms with Crippen molar-refractivity contribution in [1.82, 2.24) is 0 Å². The highest BCUT2D eigenvalue weighted by atomic mass is 79.9. The molecule has 0 spiro atoms. The summed E-state index contributed by atoms with van der Waals surface area (Å²) in [6.45, 7) is 0.470. The summed E-state index contributed by atoms with van der Waals surface area (Å²) in [5.41, 5.74) is 1.18. The average molecular weight is 401 g/mol. The third kappa shape index (κ3) is 3.57. The van der Waals surface area contributed by atoms with Gasteiger partial charge in [-0.25, -0.2) is 0 Å². The molecule has 8 heteroatoms. The summed E-state index contributed by atoms with van der Waals surface area (Å²) in [6.07, 6.45) is 0. The second-order valence-corrected chi connectivity index (χ2v) is 6.15. The van der Waals surface area contributed by atoms with Gasteiger partial charge in [-0.3, -0.25) is 10.1 Å². The van der Waals surface area contributed by atoms with Gasteiger partial charge in [0.15, 0.2) is 6.79 Å². The summed E-state index contributed by atoms with van der Waals surface area (Å²) in [6, 6.07) is 8.12. The van der Waals surface area contributed by atoms with E-state index >= 15 is 0 Å². The number of fused-ring (bicyclic) bond motifs is 1. The fraction of sp³-hybridized carbons (Fsp3) is 0.200. The molecule has 0 N–H and O–H groups in total. The lowest BCUT2D eigenvalue weighted by Crippen LogP contribution is -2.14. The van der Waals surface area contributed by atoms with Crippen LogP contribution in [0.1, 0.15) is 11.1 Å². The number of benzene rings is 2. The van der Waals surface area contributed by atoms with Gasteiger partial charge in [-0.2, -0.15) is 0 Å². The van der Waals surface area contributed by atoms with Gasteiger partial charge < -0.3 is 14.2 Å². The maximum atomic E-state index is 11.1. The SMILES string of the molecule is O=[N+]([O-])c1cc2c(c(COc3cc(Br)ccc3Cl)c1)OCOC2. The van der Waals surface area contributed by atoms with E-state index in [1.165, 1.54) is 12.1 Å². The summed E-state index contributed by atoms with van der Waals surface area (Å²) in [4.78, 5) is 10.6. The van der Waals surface area contributed by atoms with Crippen molar-refractivity contribution >= 4 is 33.2 Å². The minimum absolute atomic E-state index is 0.0308. The Balaban J connectivity index is 1.91. The molecule has 0 aliphatic carbocycles. The molecule has 3 rings (SSSR count). The van der Waals surface area contributed by atoms with Gasteiger partial charge in [-0.15, -0.1) is 0 Å². The van der Waals surface area contributed by atoms with E-state index in [-0.39, 0.29) is 25.7 Å². The van der Waals surface area contributed by atoms with Crippen molar-refractivity contribution in [3.05, 3.63) is 61.1 Å². The number of ether oxygens (including phenoxy) is 3. The molecule has 2 aromatic rings. The first kappa shape index (κ1) is 16.0. The van der Waals surface area contributed by atoms with E-state index in [0.29, 0.717) is 27.6 Å². The first-order valence-electron chi connectivity index (χ1n) is 6.63. The van der Waals surface area contributed by atoms with Crippen LogP contribution in [0, 0.1) is 10.1 Å². The van der Waals surface area contributed by atoms with Gasteiger partial charge in [0.05, 0.1) is 16.6 Å². The van der Waals surface area contributed by atoms with Crippen LogP contribution in [0.25, 0.3) is 0 Å². The first-order valence-corrected chi connectivity index (χ1v) is 7.80. The normalized spacial score (nSPS) is 13.1. The van der Waals surface area contributed by atoms with E-state index in [1.807, 2.05) is 0 Å². The van der Waals surface area contributed by atoms with Crippen molar-refractivity contribution in [2.75, 3.05) is 6.79 Å². The van der Waals surface area contributed by atoms with Gasteiger partial charge in [0.1, 0.15) is 18.1 Å². The number of nitrogens with zero attached hydrogens (tertiary/aromatic N) is 1. The van der Waals surface area contributed by atoms with E-state index in [1.54, 1.807) is 18.2 Å². The monoisotopic (exact) mass is 399 g/mol. The predicted octanol–water partition coefficient (Wildman–Crippen LogP) is 4.46. The first-order chi connectivity index (χ1) is 11.0. The second-order valence-electron chi connectivity index (χ2n) is 4.82. The molecule has 1 aliphatic heterocycles. The van der Waals surface area contributed by atoms with Crippen LogP contribution >= 0.6 is 27.5 Å². The maximum absolute atomic E-state index is 11.1. The Morgan fingerprint density at radius 1 is 1.35 bits per heavy atom. The molecule has 0 radical (unpaired) electrons. The smallest absolute Gasteiger partial charge is 0.270 e. The highest BCUT2D eigenvalue weighted by Crippen LogP contribution is 2.34. The van der Waals surface area contributed by atoms with Crippen LogP contribution in [-0.2, 0) is 18.0 Å². The van der Waals surface area contributed by atoms with E-state index in [4.69, 9.17) is 25.8 Å². The number of non-ortho nitro benzene ring substituents is 1. The average Bonchev–Trinajstić information content (AvgIpc) is 2.55. The molecule has 1 heterocycles. The highest BCUT2D eigenvalue weighted by Gasteiger charge is 2.21. The molecule has 23 heavy (non-hydrogen) atoms. The topological polar surface area (TPSA) is 70.8 Å². The fourth-order valence-electron chi connectivity index (χ4n) is 2.24. The Labute approximate surface area is 145 Å². The molecule has 0 bridgehead atoms. The van der Waals surface area contributed by atoms with E-state index in [0.717, 1.165) is 4.47 Å². The third-order valence-corrected chi connectivity index (χ3v) is 4.06. The molecular weight excluding hydrogens is 390 g/mol. The molecule has 120 valence electrons. The number of hydrogen-bond acceptors (Lipinski definition) is 5. The molecule has 6 nitrogen and oxygen atoms in total. The molecule has 0 fully saturated rings. The Bertz CT molecular complexity index is 768. The van der Waals surface area contributed by atoms with Crippen LogP contribution in [0.2, 0.25) is 5.02 Å².